The molecule has 0 aliphatic heterocycles. The molecule has 0 spiro atoms. The molecule has 2 rings (SSSR count). The van der Waals surface area contributed by atoms with Crippen LogP contribution in [0.25, 0.3) is 0 Å². The van der Waals surface area contributed by atoms with Gasteiger partial charge in [-0.1, -0.05) is 30.0 Å². The van der Waals surface area contributed by atoms with E-state index in [1.165, 1.54) is 12.1 Å². The highest BCUT2D eigenvalue weighted by Gasteiger charge is 1.98. The van der Waals surface area contributed by atoms with E-state index < -0.39 is 0 Å². The maximum atomic E-state index is 13.0. The van der Waals surface area contributed by atoms with E-state index in [1.54, 1.807) is 17.8 Å². The van der Waals surface area contributed by atoms with E-state index in [4.69, 9.17) is 5.11 Å². The smallest absolute Gasteiger partial charge is 0.124 e. The third kappa shape index (κ3) is 4.44. The summed E-state index contributed by atoms with van der Waals surface area (Å²) in [6, 6.07) is 14.4. The lowest BCUT2D eigenvalue weighted by Crippen LogP contribution is -1.83. The summed E-state index contributed by atoms with van der Waals surface area (Å²) < 4.78 is 13.0. The van der Waals surface area contributed by atoms with Crippen LogP contribution in [-0.2, 0) is 5.75 Å². The Hall–Kier alpha value is -1.76. The van der Waals surface area contributed by atoms with Gasteiger partial charge in [0, 0.05) is 16.2 Å². The van der Waals surface area contributed by atoms with Gasteiger partial charge in [-0.2, -0.15) is 0 Å². The molecule has 0 aliphatic carbocycles. The quantitative estimate of drug-likeness (QED) is 0.682. The Morgan fingerprint density at radius 1 is 1.11 bits per heavy atom. The fourth-order valence-electron chi connectivity index (χ4n) is 1.55. The molecule has 1 nitrogen and oxygen atoms in total. The van der Waals surface area contributed by atoms with Gasteiger partial charge in [-0.3, -0.25) is 0 Å². The van der Waals surface area contributed by atoms with Gasteiger partial charge in [0.15, 0.2) is 0 Å². The first-order valence-electron chi connectivity index (χ1n) is 5.85. The lowest BCUT2D eigenvalue weighted by atomic mass is 10.1. The number of hydrogen-bond acceptors (Lipinski definition) is 2. The number of hydrogen-bond donors (Lipinski definition) is 1. The number of benzene rings is 2. The first-order valence-corrected chi connectivity index (χ1v) is 6.83. The second kappa shape index (κ2) is 6.98. The molecule has 0 aromatic heterocycles. The number of rotatable bonds is 3. The lowest BCUT2D eigenvalue weighted by molar-refractivity contribution is 0.350. The summed E-state index contributed by atoms with van der Waals surface area (Å²) in [5.74, 6) is 6.03. The van der Waals surface area contributed by atoms with Gasteiger partial charge < -0.3 is 5.11 Å². The topological polar surface area (TPSA) is 20.2 Å². The molecule has 0 aliphatic rings. The molecule has 0 fully saturated rings. The van der Waals surface area contributed by atoms with Gasteiger partial charge in [0.05, 0.1) is 0 Å². The van der Waals surface area contributed by atoms with E-state index in [0.29, 0.717) is 0 Å². The highest BCUT2D eigenvalue weighted by molar-refractivity contribution is 7.98. The van der Waals surface area contributed by atoms with Crippen LogP contribution >= 0.6 is 11.8 Å². The summed E-state index contributed by atoms with van der Waals surface area (Å²) in [7, 11) is 0. The van der Waals surface area contributed by atoms with E-state index in [1.807, 2.05) is 30.3 Å². The van der Waals surface area contributed by atoms with E-state index in [9.17, 15) is 4.39 Å². The van der Waals surface area contributed by atoms with Crippen LogP contribution in [0, 0.1) is 17.7 Å². The molecule has 0 amide bonds. The van der Waals surface area contributed by atoms with Crippen LogP contribution in [0.2, 0.25) is 0 Å². The summed E-state index contributed by atoms with van der Waals surface area (Å²) in [4.78, 5) is 0.921. The van der Waals surface area contributed by atoms with Crippen molar-refractivity contribution < 1.29 is 9.50 Å². The predicted molar refractivity (Wildman–Crippen MR) is 76.4 cm³/mol. The predicted octanol–water partition coefficient (Wildman–Crippen LogP) is 3.46. The van der Waals surface area contributed by atoms with Crippen LogP contribution in [0.5, 0.6) is 0 Å². The van der Waals surface area contributed by atoms with Gasteiger partial charge in [0.1, 0.15) is 12.4 Å². The zero-order valence-corrected chi connectivity index (χ0v) is 11.1. The van der Waals surface area contributed by atoms with Gasteiger partial charge >= 0.3 is 0 Å². The first-order chi connectivity index (χ1) is 9.28. The minimum atomic E-state index is -0.209. The molecule has 0 radical (unpaired) electrons. The Labute approximate surface area is 116 Å². The Balaban J connectivity index is 1.96. The molecule has 0 saturated carbocycles. The van der Waals surface area contributed by atoms with Crippen LogP contribution in [0.3, 0.4) is 0 Å². The van der Waals surface area contributed by atoms with Crippen molar-refractivity contribution in [1.82, 2.24) is 0 Å². The van der Waals surface area contributed by atoms with Crippen molar-refractivity contribution in [1.29, 1.82) is 0 Å². The molecule has 0 unspecified atom stereocenters. The molecule has 0 bridgehead atoms. The molecular formula is C16H13FOS. The maximum absolute atomic E-state index is 13.0. The van der Waals surface area contributed by atoms with Gasteiger partial charge in [-0.05, 0) is 35.9 Å². The van der Waals surface area contributed by atoms with Crippen LogP contribution in [0.15, 0.2) is 53.4 Å². The van der Waals surface area contributed by atoms with Crippen molar-refractivity contribution >= 4 is 11.8 Å². The molecule has 2 aromatic carbocycles. The van der Waals surface area contributed by atoms with Crippen molar-refractivity contribution in [3.63, 3.8) is 0 Å². The third-order valence-electron chi connectivity index (χ3n) is 2.47. The Morgan fingerprint density at radius 2 is 1.89 bits per heavy atom. The monoisotopic (exact) mass is 272 g/mol. The number of thioether (sulfide) groups is 1. The highest BCUT2D eigenvalue weighted by atomic mass is 32.2. The van der Waals surface area contributed by atoms with Crippen molar-refractivity contribution in [3.8, 4) is 11.8 Å². The number of aliphatic hydroxyl groups excluding tert-OH is 1. The second-order valence-corrected chi connectivity index (χ2v) is 4.95. The summed E-state index contributed by atoms with van der Waals surface area (Å²) in [6.07, 6.45) is 0. The van der Waals surface area contributed by atoms with Gasteiger partial charge in [0.2, 0.25) is 0 Å². The number of aliphatic hydroxyl groups is 1. The largest absolute Gasteiger partial charge is 0.384 e. The van der Waals surface area contributed by atoms with Crippen LogP contribution in [0.4, 0.5) is 4.39 Å². The Morgan fingerprint density at radius 3 is 2.58 bits per heavy atom. The normalized spacial score (nSPS) is 9.79. The van der Waals surface area contributed by atoms with E-state index in [2.05, 4.69) is 11.8 Å². The van der Waals surface area contributed by atoms with Crippen LogP contribution < -0.4 is 0 Å². The van der Waals surface area contributed by atoms with Gasteiger partial charge in [0.25, 0.3) is 0 Å². The lowest BCUT2D eigenvalue weighted by Gasteiger charge is -2.02. The average molecular weight is 272 g/mol. The van der Waals surface area contributed by atoms with E-state index in [0.717, 1.165) is 21.8 Å². The molecule has 19 heavy (non-hydrogen) atoms. The maximum Gasteiger partial charge on any atom is 0.124 e. The van der Waals surface area contributed by atoms with Crippen molar-refractivity contribution in [2.75, 3.05) is 6.61 Å². The van der Waals surface area contributed by atoms with E-state index in [-0.39, 0.29) is 12.4 Å². The average Bonchev–Trinajstić information content (AvgIpc) is 2.44. The number of halogens is 1. The molecule has 0 heterocycles. The minimum Gasteiger partial charge on any atom is -0.384 e. The van der Waals surface area contributed by atoms with Crippen molar-refractivity contribution in [2.45, 2.75) is 10.6 Å². The van der Waals surface area contributed by atoms with Crippen LogP contribution in [0.1, 0.15) is 11.1 Å². The Bertz CT molecular complexity index is 596. The molecule has 0 atom stereocenters. The van der Waals surface area contributed by atoms with Gasteiger partial charge in [-0.25, -0.2) is 4.39 Å². The van der Waals surface area contributed by atoms with Gasteiger partial charge in [-0.15, -0.1) is 11.8 Å². The highest BCUT2D eigenvalue weighted by Crippen LogP contribution is 2.23. The summed E-state index contributed by atoms with van der Waals surface area (Å²) in [5.41, 5.74) is 2.04. The molecule has 96 valence electrons. The molecule has 1 N–H and O–H groups in total. The molecule has 3 heteroatoms. The summed E-state index contributed by atoms with van der Waals surface area (Å²) >= 11 is 1.60. The fourth-order valence-corrected chi connectivity index (χ4v) is 2.45. The zero-order chi connectivity index (χ0) is 13.5. The van der Waals surface area contributed by atoms with E-state index >= 15 is 0 Å². The SMILES string of the molecule is OCC#Cc1ccc(CSc2cccc(F)c2)cc1. The zero-order valence-electron chi connectivity index (χ0n) is 10.3. The summed E-state index contributed by atoms with van der Waals surface area (Å²) in [5, 5.41) is 8.61. The minimum absolute atomic E-state index is 0.128. The van der Waals surface area contributed by atoms with Crippen molar-refractivity contribution in [2.24, 2.45) is 0 Å². The first kappa shape index (κ1) is 13.7. The standard InChI is InChI=1S/C16H13FOS/c17-15-4-1-5-16(11-15)19-12-14-8-6-13(7-9-14)3-2-10-18/h1,4-9,11,18H,10,12H2. The Kier molecular flexibility index (Phi) is 5.02. The van der Waals surface area contributed by atoms with Crippen LogP contribution in [-0.4, -0.2) is 11.7 Å². The fraction of sp³-hybridized carbons (Fsp3) is 0.125. The van der Waals surface area contributed by atoms with Crippen molar-refractivity contribution in [3.05, 3.63) is 65.5 Å². The second-order valence-electron chi connectivity index (χ2n) is 3.90. The summed E-state index contributed by atoms with van der Waals surface area (Å²) in [6.45, 7) is -0.128. The third-order valence-corrected chi connectivity index (χ3v) is 3.53. The molecule has 0 saturated heterocycles. The molecule has 2 aromatic rings. The molecular weight excluding hydrogens is 259 g/mol.